The van der Waals surface area contributed by atoms with Crippen molar-refractivity contribution < 1.29 is 23.4 Å². The Labute approximate surface area is 103 Å². The maximum absolute atomic E-state index is 12.1. The molecule has 0 spiro atoms. The zero-order chi connectivity index (χ0) is 13.2. The summed E-state index contributed by atoms with van der Waals surface area (Å²) in [6, 6.07) is 6.03. The Morgan fingerprint density at radius 2 is 2.00 bits per heavy atom. The van der Waals surface area contributed by atoms with Crippen molar-refractivity contribution >= 4 is 5.97 Å². The summed E-state index contributed by atoms with van der Waals surface area (Å²) >= 11 is 0. The Kier molecular flexibility index (Phi) is 3.50. The molecule has 0 saturated heterocycles. The molecule has 2 rings (SSSR count). The van der Waals surface area contributed by atoms with Crippen molar-refractivity contribution in [1.82, 2.24) is 0 Å². The van der Waals surface area contributed by atoms with Crippen LogP contribution in [0.25, 0.3) is 0 Å². The molecule has 1 N–H and O–H groups in total. The highest BCUT2D eigenvalue weighted by atomic mass is 19.3. The zero-order valence-electron chi connectivity index (χ0n) is 9.73. The largest absolute Gasteiger partial charge is 0.481 e. The second-order valence-electron chi connectivity index (χ2n) is 4.50. The molecule has 0 unspecified atom stereocenters. The topological polar surface area (TPSA) is 46.5 Å². The Hall–Kier alpha value is -1.65. The summed E-state index contributed by atoms with van der Waals surface area (Å²) in [5, 5.41) is 9.40. The number of hydrogen-bond donors (Lipinski definition) is 1. The number of halogens is 2. The average molecular weight is 256 g/mol. The first-order chi connectivity index (χ1) is 8.54. The normalized spacial score (nSPS) is 17.9. The molecule has 1 aliphatic rings. The van der Waals surface area contributed by atoms with Crippen LogP contribution >= 0.6 is 0 Å². The third-order valence-corrected chi connectivity index (χ3v) is 3.48. The van der Waals surface area contributed by atoms with E-state index < -0.39 is 18.0 Å². The van der Waals surface area contributed by atoms with Gasteiger partial charge in [0.15, 0.2) is 0 Å². The summed E-state index contributed by atoms with van der Waals surface area (Å²) in [7, 11) is 0. The summed E-state index contributed by atoms with van der Waals surface area (Å²) < 4.78 is 28.6. The summed E-state index contributed by atoms with van der Waals surface area (Å²) in [6.45, 7) is -2.90. The van der Waals surface area contributed by atoms with Gasteiger partial charge in [-0.15, -0.1) is 0 Å². The highest BCUT2D eigenvalue weighted by Crippen LogP contribution is 2.42. The number of ether oxygens (including phenoxy) is 1. The van der Waals surface area contributed by atoms with E-state index in [2.05, 4.69) is 4.74 Å². The SMILES string of the molecule is O=C(O)C1(c2cccc(OC(F)F)c2)CCCC1. The molecular weight excluding hydrogens is 242 g/mol. The van der Waals surface area contributed by atoms with Crippen LogP contribution in [-0.2, 0) is 10.2 Å². The molecule has 1 aromatic rings. The van der Waals surface area contributed by atoms with Gasteiger partial charge in [-0.1, -0.05) is 25.0 Å². The van der Waals surface area contributed by atoms with Crippen LogP contribution in [0.2, 0.25) is 0 Å². The van der Waals surface area contributed by atoms with Crippen LogP contribution in [0, 0.1) is 0 Å². The van der Waals surface area contributed by atoms with E-state index in [1.54, 1.807) is 12.1 Å². The van der Waals surface area contributed by atoms with Crippen LogP contribution in [-0.4, -0.2) is 17.7 Å². The number of carboxylic acid groups (broad SMARTS) is 1. The fraction of sp³-hybridized carbons (Fsp3) is 0.462. The lowest BCUT2D eigenvalue weighted by atomic mass is 9.79. The maximum atomic E-state index is 12.1. The molecule has 1 aromatic carbocycles. The fourth-order valence-corrected chi connectivity index (χ4v) is 2.57. The van der Waals surface area contributed by atoms with Gasteiger partial charge in [-0.3, -0.25) is 4.79 Å². The molecule has 0 aromatic heterocycles. The van der Waals surface area contributed by atoms with Crippen LogP contribution in [0.5, 0.6) is 5.75 Å². The quantitative estimate of drug-likeness (QED) is 0.899. The summed E-state index contributed by atoms with van der Waals surface area (Å²) in [4.78, 5) is 11.5. The molecule has 0 aliphatic heterocycles. The highest BCUT2D eigenvalue weighted by molar-refractivity contribution is 5.82. The van der Waals surface area contributed by atoms with Gasteiger partial charge in [-0.2, -0.15) is 8.78 Å². The van der Waals surface area contributed by atoms with Gasteiger partial charge in [0.2, 0.25) is 0 Å². The lowest BCUT2D eigenvalue weighted by molar-refractivity contribution is -0.143. The van der Waals surface area contributed by atoms with Crippen molar-refractivity contribution in [1.29, 1.82) is 0 Å². The molecule has 1 fully saturated rings. The van der Waals surface area contributed by atoms with Gasteiger partial charge in [0.1, 0.15) is 5.75 Å². The first-order valence-corrected chi connectivity index (χ1v) is 5.83. The predicted octanol–water partition coefficient (Wildman–Crippen LogP) is 3.18. The van der Waals surface area contributed by atoms with Crippen molar-refractivity contribution in [3.8, 4) is 5.75 Å². The van der Waals surface area contributed by atoms with E-state index in [1.165, 1.54) is 12.1 Å². The Morgan fingerprint density at radius 1 is 1.33 bits per heavy atom. The number of benzene rings is 1. The molecular formula is C13H14F2O3. The van der Waals surface area contributed by atoms with E-state index in [0.29, 0.717) is 18.4 Å². The van der Waals surface area contributed by atoms with E-state index in [9.17, 15) is 18.7 Å². The zero-order valence-corrected chi connectivity index (χ0v) is 9.73. The van der Waals surface area contributed by atoms with Crippen molar-refractivity contribution in [2.24, 2.45) is 0 Å². The number of rotatable bonds is 4. The van der Waals surface area contributed by atoms with E-state index in [1.807, 2.05) is 0 Å². The average Bonchev–Trinajstić information content (AvgIpc) is 2.78. The number of carbonyl (C=O) groups is 1. The standard InChI is InChI=1S/C13H14F2O3/c14-12(15)18-10-5-3-4-9(8-10)13(11(16)17)6-1-2-7-13/h3-5,8,12H,1-2,6-7H2,(H,16,17). The Bertz CT molecular complexity index is 440. The van der Waals surface area contributed by atoms with Crippen LogP contribution in [0.3, 0.4) is 0 Å². The second kappa shape index (κ2) is 4.92. The van der Waals surface area contributed by atoms with Gasteiger partial charge in [0.05, 0.1) is 5.41 Å². The summed E-state index contributed by atoms with van der Waals surface area (Å²) in [5.41, 5.74) is -0.396. The lowest BCUT2D eigenvalue weighted by Crippen LogP contribution is -2.32. The summed E-state index contributed by atoms with van der Waals surface area (Å²) in [6.07, 6.45) is 2.76. The minimum Gasteiger partial charge on any atom is -0.481 e. The van der Waals surface area contributed by atoms with Crippen LogP contribution in [0.1, 0.15) is 31.2 Å². The van der Waals surface area contributed by atoms with E-state index in [-0.39, 0.29) is 5.75 Å². The molecule has 0 radical (unpaired) electrons. The fourth-order valence-electron chi connectivity index (χ4n) is 2.57. The molecule has 1 aliphatic carbocycles. The van der Waals surface area contributed by atoms with Gasteiger partial charge in [-0.25, -0.2) is 0 Å². The third kappa shape index (κ3) is 2.30. The molecule has 1 saturated carbocycles. The first-order valence-electron chi connectivity index (χ1n) is 5.83. The van der Waals surface area contributed by atoms with Gasteiger partial charge in [-0.05, 0) is 30.5 Å². The van der Waals surface area contributed by atoms with E-state index in [0.717, 1.165) is 12.8 Å². The molecule has 0 atom stereocenters. The highest BCUT2D eigenvalue weighted by Gasteiger charge is 2.43. The van der Waals surface area contributed by atoms with Crippen molar-refractivity contribution in [3.63, 3.8) is 0 Å². The summed E-state index contributed by atoms with van der Waals surface area (Å²) in [5.74, 6) is -0.885. The Balaban J connectivity index is 2.34. The van der Waals surface area contributed by atoms with Crippen LogP contribution < -0.4 is 4.74 Å². The predicted molar refractivity (Wildman–Crippen MR) is 60.9 cm³/mol. The van der Waals surface area contributed by atoms with E-state index >= 15 is 0 Å². The molecule has 18 heavy (non-hydrogen) atoms. The number of hydrogen-bond acceptors (Lipinski definition) is 2. The lowest BCUT2D eigenvalue weighted by Gasteiger charge is -2.24. The minimum atomic E-state index is -2.90. The number of aliphatic carboxylic acids is 1. The van der Waals surface area contributed by atoms with Gasteiger partial charge in [0.25, 0.3) is 0 Å². The molecule has 98 valence electrons. The molecule has 5 heteroatoms. The maximum Gasteiger partial charge on any atom is 0.387 e. The third-order valence-electron chi connectivity index (χ3n) is 3.48. The monoisotopic (exact) mass is 256 g/mol. The molecule has 0 heterocycles. The van der Waals surface area contributed by atoms with E-state index in [4.69, 9.17) is 0 Å². The first kappa shape index (κ1) is 12.8. The van der Waals surface area contributed by atoms with Crippen molar-refractivity contribution in [2.45, 2.75) is 37.7 Å². The molecule has 0 bridgehead atoms. The van der Waals surface area contributed by atoms with Gasteiger partial charge < -0.3 is 9.84 Å². The second-order valence-corrected chi connectivity index (χ2v) is 4.50. The Morgan fingerprint density at radius 3 is 2.56 bits per heavy atom. The van der Waals surface area contributed by atoms with Crippen molar-refractivity contribution in [3.05, 3.63) is 29.8 Å². The molecule has 0 amide bonds. The van der Waals surface area contributed by atoms with Crippen LogP contribution in [0.15, 0.2) is 24.3 Å². The van der Waals surface area contributed by atoms with Gasteiger partial charge >= 0.3 is 12.6 Å². The number of carboxylic acids is 1. The van der Waals surface area contributed by atoms with Crippen molar-refractivity contribution in [2.75, 3.05) is 0 Å². The number of alkyl halides is 2. The minimum absolute atomic E-state index is 0.00928. The van der Waals surface area contributed by atoms with Crippen LogP contribution in [0.4, 0.5) is 8.78 Å². The van der Waals surface area contributed by atoms with Gasteiger partial charge in [0, 0.05) is 0 Å². The molecule has 3 nitrogen and oxygen atoms in total. The smallest absolute Gasteiger partial charge is 0.387 e.